The predicted molar refractivity (Wildman–Crippen MR) is 55.8 cm³/mol. The van der Waals surface area contributed by atoms with E-state index in [-0.39, 0.29) is 0 Å². The van der Waals surface area contributed by atoms with Crippen LogP contribution >= 0.6 is 0 Å². The molecule has 1 fully saturated rings. The molecule has 0 aromatic heterocycles. The van der Waals surface area contributed by atoms with Crippen molar-refractivity contribution in [3.05, 3.63) is 0 Å². The van der Waals surface area contributed by atoms with E-state index in [0.717, 1.165) is 26.1 Å². The van der Waals surface area contributed by atoms with Crippen molar-refractivity contribution in [2.75, 3.05) is 19.6 Å². The van der Waals surface area contributed by atoms with Crippen LogP contribution in [0, 0.1) is 5.41 Å². The first kappa shape index (κ1) is 11.0. The number of aliphatic hydroxyl groups is 1. The van der Waals surface area contributed by atoms with Crippen molar-refractivity contribution >= 4 is 0 Å². The van der Waals surface area contributed by atoms with Gasteiger partial charge in [0.2, 0.25) is 0 Å². The molecular formula is C11H23NO. The smallest absolute Gasteiger partial charge is 0.0758 e. The predicted octanol–water partition coefficient (Wildman–Crippen LogP) is 1.88. The van der Waals surface area contributed by atoms with Crippen LogP contribution in [0.15, 0.2) is 0 Å². The highest BCUT2D eigenvalue weighted by molar-refractivity contribution is 4.86. The van der Waals surface area contributed by atoms with Gasteiger partial charge in [0.15, 0.2) is 0 Å². The van der Waals surface area contributed by atoms with Gasteiger partial charge in [-0.1, -0.05) is 20.8 Å². The minimum atomic E-state index is -0.433. The van der Waals surface area contributed by atoms with Crippen LogP contribution in [-0.2, 0) is 0 Å². The first-order chi connectivity index (χ1) is 5.79. The maximum Gasteiger partial charge on any atom is 0.0758 e. The Kier molecular flexibility index (Phi) is 3.03. The molecule has 0 saturated carbocycles. The number of rotatable bonds is 2. The Morgan fingerprint density at radius 3 is 2.38 bits per heavy atom. The van der Waals surface area contributed by atoms with Crippen LogP contribution in [0.25, 0.3) is 0 Å². The third-order valence-electron chi connectivity index (χ3n) is 2.71. The molecule has 1 atom stereocenters. The first-order valence-corrected chi connectivity index (χ1v) is 5.23. The molecule has 0 spiro atoms. The SMILES string of the molecule is CC(C)(C)CCN1CCC(C)(O)C1. The Morgan fingerprint density at radius 2 is 2.00 bits per heavy atom. The molecule has 1 heterocycles. The van der Waals surface area contributed by atoms with Crippen molar-refractivity contribution in [1.29, 1.82) is 0 Å². The number of hydrogen-bond acceptors (Lipinski definition) is 2. The van der Waals surface area contributed by atoms with Gasteiger partial charge in [0.05, 0.1) is 5.60 Å². The van der Waals surface area contributed by atoms with Crippen LogP contribution in [0.2, 0.25) is 0 Å². The molecule has 1 aliphatic heterocycles. The highest BCUT2D eigenvalue weighted by atomic mass is 16.3. The van der Waals surface area contributed by atoms with E-state index in [4.69, 9.17) is 0 Å². The van der Waals surface area contributed by atoms with Crippen molar-refractivity contribution in [2.24, 2.45) is 5.41 Å². The van der Waals surface area contributed by atoms with E-state index in [1.54, 1.807) is 0 Å². The number of likely N-dealkylation sites (tertiary alicyclic amines) is 1. The lowest BCUT2D eigenvalue weighted by atomic mass is 9.92. The third-order valence-corrected chi connectivity index (χ3v) is 2.71. The number of hydrogen-bond donors (Lipinski definition) is 1. The quantitative estimate of drug-likeness (QED) is 0.710. The third kappa shape index (κ3) is 4.10. The fourth-order valence-electron chi connectivity index (χ4n) is 1.72. The van der Waals surface area contributed by atoms with Gasteiger partial charge < -0.3 is 10.0 Å². The van der Waals surface area contributed by atoms with Gasteiger partial charge >= 0.3 is 0 Å². The van der Waals surface area contributed by atoms with Gasteiger partial charge in [-0.25, -0.2) is 0 Å². The normalized spacial score (nSPS) is 31.2. The van der Waals surface area contributed by atoms with Gasteiger partial charge in [-0.15, -0.1) is 0 Å². The molecule has 78 valence electrons. The summed E-state index contributed by atoms with van der Waals surface area (Å²) in [6.07, 6.45) is 2.14. The summed E-state index contributed by atoms with van der Waals surface area (Å²) in [6.45, 7) is 11.8. The largest absolute Gasteiger partial charge is 0.389 e. The van der Waals surface area contributed by atoms with Crippen molar-refractivity contribution in [1.82, 2.24) is 4.90 Å². The van der Waals surface area contributed by atoms with E-state index >= 15 is 0 Å². The van der Waals surface area contributed by atoms with E-state index in [1.165, 1.54) is 6.42 Å². The molecule has 2 nitrogen and oxygen atoms in total. The summed E-state index contributed by atoms with van der Waals surface area (Å²) in [4.78, 5) is 2.37. The second-order valence-electron chi connectivity index (χ2n) is 5.83. The Bertz CT molecular complexity index is 169. The second-order valence-corrected chi connectivity index (χ2v) is 5.83. The lowest BCUT2D eigenvalue weighted by Crippen LogP contribution is -2.31. The Balaban J connectivity index is 2.25. The van der Waals surface area contributed by atoms with Crippen LogP contribution in [0.1, 0.15) is 40.5 Å². The van der Waals surface area contributed by atoms with Crippen molar-refractivity contribution in [2.45, 2.75) is 46.1 Å². The van der Waals surface area contributed by atoms with Crippen LogP contribution in [0.4, 0.5) is 0 Å². The van der Waals surface area contributed by atoms with Crippen molar-refractivity contribution in [3.63, 3.8) is 0 Å². The lowest BCUT2D eigenvalue weighted by Gasteiger charge is -2.24. The highest BCUT2D eigenvalue weighted by Gasteiger charge is 2.31. The van der Waals surface area contributed by atoms with E-state index < -0.39 is 5.60 Å². The summed E-state index contributed by atoms with van der Waals surface area (Å²) in [7, 11) is 0. The summed E-state index contributed by atoms with van der Waals surface area (Å²) < 4.78 is 0. The van der Waals surface area contributed by atoms with Gasteiger partial charge in [0.1, 0.15) is 0 Å². The van der Waals surface area contributed by atoms with E-state index in [1.807, 2.05) is 6.92 Å². The Morgan fingerprint density at radius 1 is 1.38 bits per heavy atom. The minimum Gasteiger partial charge on any atom is -0.389 e. The summed E-state index contributed by atoms with van der Waals surface area (Å²) in [5.41, 5.74) is -0.0215. The molecule has 0 aromatic rings. The minimum absolute atomic E-state index is 0.411. The van der Waals surface area contributed by atoms with Crippen molar-refractivity contribution < 1.29 is 5.11 Å². The maximum absolute atomic E-state index is 9.75. The molecule has 0 aromatic carbocycles. The van der Waals surface area contributed by atoms with Crippen molar-refractivity contribution in [3.8, 4) is 0 Å². The van der Waals surface area contributed by atoms with E-state index in [2.05, 4.69) is 25.7 Å². The van der Waals surface area contributed by atoms with E-state index in [0.29, 0.717) is 5.41 Å². The van der Waals surface area contributed by atoms with Gasteiger partial charge in [0, 0.05) is 13.1 Å². The summed E-state index contributed by atoms with van der Waals surface area (Å²) in [5, 5.41) is 9.75. The number of nitrogens with zero attached hydrogens (tertiary/aromatic N) is 1. The molecule has 1 saturated heterocycles. The molecule has 0 bridgehead atoms. The summed E-state index contributed by atoms with van der Waals surface area (Å²) in [5.74, 6) is 0. The molecule has 0 aliphatic carbocycles. The monoisotopic (exact) mass is 185 g/mol. The van der Waals surface area contributed by atoms with Gasteiger partial charge in [-0.3, -0.25) is 0 Å². The molecule has 1 rings (SSSR count). The first-order valence-electron chi connectivity index (χ1n) is 5.23. The maximum atomic E-state index is 9.75. The molecule has 1 aliphatic rings. The van der Waals surface area contributed by atoms with Crippen LogP contribution < -0.4 is 0 Å². The average molecular weight is 185 g/mol. The van der Waals surface area contributed by atoms with Crippen LogP contribution in [0.5, 0.6) is 0 Å². The topological polar surface area (TPSA) is 23.5 Å². The van der Waals surface area contributed by atoms with Crippen LogP contribution in [0.3, 0.4) is 0 Å². The highest BCUT2D eigenvalue weighted by Crippen LogP contribution is 2.24. The molecule has 13 heavy (non-hydrogen) atoms. The zero-order valence-corrected chi connectivity index (χ0v) is 9.43. The molecular weight excluding hydrogens is 162 g/mol. The van der Waals surface area contributed by atoms with E-state index in [9.17, 15) is 5.11 Å². The van der Waals surface area contributed by atoms with Crippen LogP contribution in [-0.4, -0.2) is 35.2 Å². The molecule has 1 N–H and O–H groups in total. The zero-order chi connectivity index (χ0) is 10.1. The molecule has 1 unspecified atom stereocenters. The summed E-state index contributed by atoms with van der Waals surface area (Å²) >= 11 is 0. The summed E-state index contributed by atoms with van der Waals surface area (Å²) in [6, 6.07) is 0. The zero-order valence-electron chi connectivity index (χ0n) is 9.43. The van der Waals surface area contributed by atoms with Gasteiger partial charge in [0.25, 0.3) is 0 Å². The Hall–Kier alpha value is -0.0800. The number of β-amino-alcohol motifs (C(OH)–C–C–N with tert-alkyl or cyclic N) is 1. The molecule has 0 radical (unpaired) electrons. The van der Waals surface area contributed by atoms with Gasteiger partial charge in [-0.2, -0.15) is 0 Å². The second kappa shape index (κ2) is 3.58. The molecule has 2 heteroatoms. The fourth-order valence-corrected chi connectivity index (χ4v) is 1.72. The average Bonchev–Trinajstić information content (AvgIpc) is 2.24. The fraction of sp³-hybridized carbons (Fsp3) is 1.00. The standard InChI is InChI=1S/C11H23NO/c1-10(2,3)5-7-12-8-6-11(4,13)9-12/h13H,5-9H2,1-4H3. The lowest BCUT2D eigenvalue weighted by molar-refractivity contribution is 0.0673. The molecule has 0 amide bonds. The Labute approximate surface area is 81.9 Å². The van der Waals surface area contributed by atoms with Gasteiger partial charge in [-0.05, 0) is 31.7 Å².